The molecule has 2 aromatic rings. The van der Waals surface area contributed by atoms with E-state index in [9.17, 15) is 18.0 Å². The number of carboxylic acids is 1. The zero-order valence-corrected chi connectivity index (χ0v) is 14.9. The van der Waals surface area contributed by atoms with Crippen molar-refractivity contribution < 1.29 is 32.4 Å². The number of carboxylic acid groups (broad SMARTS) is 1. The van der Waals surface area contributed by atoms with E-state index in [4.69, 9.17) is 20.2 Å². The smallest absolute Gasteiger partial charge is 0.475 e. The molecular formula is C17H20F3N3O4. The maximum Gasteiger partial charge on any atom is 0.490 e. The number of nitrogens with zero attached hydrogens (tertiary/aromatic N) is 1. The van der Waals surface area contributed by atoms with Gasteiger partial charge in [0.15, 0.2) is 0 Å². The Balaban J connectivity index is 0.000000445. The summed E-state index contributed by atoms with van der Waals surface area (Å²) in [4.78, 5) is 21.0. The lowest BCUT2D eigenvalue weighted by atomic mass is 10.1. The van der Waals surface area contributed by atoms with E-state index >= 15 is 0 Å². The Morgan fingerprint density at radius 3 is 2.37 bits per heavy atom. The number of halogens is 3. The molecule has 1 aromatic heterocycles. The van der Waals surface area contributed by atoms with Crippen LogP contribution in [0.25, 0.3) is 0 Å². The number of aryl methyl sites for hydroxylation is 2. The van der Waals surface area contributed by atoms with Gasteiger partial charge in [-0.2, -0.15) is 13.2 Å². The van der Waals surface area contributed by atoms with Crippen LogP contribution in [0.2, 0.25) is 0 Å². The Bertz CT molecular complexity index is 783. The van der Waals surface area contributed by atoms with Crippen LogP contribution in [0.3, 0.4) is 0 Å². The van der Waals surface area contributed by atoms with Crippen molar-refractivity contribution in [2.75, 3.05) is 5.73 Å². The summed E-state index contributed by atoms with van der Waals surface area (Å²) in [7, 11) is 0. The minimum Gasteiger partial charge on any atom is -0.475 e. The van der Waals surface area contributed by atoms with E-state index in [1.807, 2.05) is 20.8 Å². The molecule has 1 amide bonds. The first kappa shape index (κ1) is 22.0. The van der Waals surface area contributed by atoms with Crippen molar-refractivity contribution in [1.29, 1.82) is 0 Å². The third-order valence-corrected chi connectivity index (χ3v) is 3.46. The van der Waals surface area contributed by atoms with E-state index in [0.29, 0.717) is 17.7 Å². The van der Waals surface area contributed by atoms with Gasteiger partial charge in [0, 0.05) is 22.9 Å². The second-order valence-electron chi connectivity index (χ2n) is 5.81. The monoisotopic (exact) mass is 387 g/mol. The first-order valence-corrected chi connectivity index (χ1v) is 7.80. The summed E-state index contributed by atoms with van der Waals surface area (Å²) in [5, 5.41) is 14.0. The predicted octanol–water partition coefficient (Wildman–Crippen LogP) is 2.87. The van der Waals surface area contributed by atoms with Crippen molar-refractivity contribution >= 4 is 17.6 Å². The van der Waals surface area contributed by atoms with E-state index < -0.39 is 12.1 Å². The highest BCUT2D eigenvalue weighted by Gasteiger charge is 2.38. The van der Waals surface area contributed by atoms with E-state index in [0.717, 1.165) is 17.0 Å². The lowest BCUT2D eigenvalue weighted by Gasteiger charge is -2.14. The molecule has 1 atom stereocenters. The first-order chi connectivity index (χ1) is 12.4. The topological polar surface area (TPSA) is 118 Å². The summed E-state index contributed by atoms with van der Waals surface area (Å²) in [6.45, 7) is 5.73. The summed E-state index contributed by atoms with van der Waals surface area (Å²) in [6.07, 6.45) is -4.39. The van der Waals surface area contributed by atoms with Gasteiger partial charge in [-0.15, -0.1) is 0 Å². The van der Waals surface area contributed by atoms with Gasteiger partial charge in [0.05, 0.1) is 5.69 Å². The molecule has 0 saturated carbocycles. The van der Waals surface area contributed by atoms with Crippen molar-refractivity contribution in [3.63, 3.8) is 0 Å². The third kappa shape index (κ3) is 7.00. The van der Waals surface area contributed by atoms with Crippen LogP contribution in [-0.2, 0) is 11.2 Å². The average Bonchev–Trinajstić information content (AvgIpc) is 2.86. The number of amides is 1. The molecule has 2 rings (SSSR count). The fourth-order valence-corrected chi connectivity index (χ4v) is 2.14. The second-order valence-corrected chi connectivity index (χ2v) is 5.81. The van der Waals surface area contributed by atoms with Crippen LogP contribution in [0.4, 0.5) is 18.9 Å². The summed E-state index contributed by atoms with van der Waals surface area (Å²) >= 11 is 0. The zero-order chi connectivity index (χ0) is 20.8. The number of nitrogens with two attached hydrogens (primary N) is 1. The van der Waals surface area contributed by atoms with Crippen molar-refractivity contribution in [3.8, 4) is 0 Å². The second kappa shape index (κ2) is 9.06. The lowest BCUT2D eigenvalue weighted by molar-refractivity contribution is -0.192. The summed E-state index contributed by atoms with van der Waals surface area (Å²) < 4.78 is 36.9. The number of nitrogen functional groups attached to an aromatic ring is 1. The lowest BCUT2D eigenvalue weighted by Crippen LogP contribution is -2.34. The summed E-state index contributed by atoms with van der Waals surface area (Å²) in [6, 6.07) is 6.92. The van der Waals surface area contributed by atoms with Gasteiger partial charge in [0.2, 0.25) is 0 Å². The third-order valence-electron chi connectivity index (χ3n) is 3.46. The van der Waals surface area contributed by atoms with Crippen LogP contribution in [0.1, 0.15) is 34.3 Å². The SMILES string of the molecule is Cc1noc(C)c1CC(C)NC(=O)c1cccc(N)c1.O=C(O)C(F)(F)F. The molecule has 0 aliphatic heterocycles. The van der Waals surface area contributed by atoms with Gasteiger partial charge >= 0.3 is 12.1 Å². The predicted molar refractivity (Wildman–Crippen MR) is 91.2 cm³/mol. The molecule has 27 heavy (non-hydrogen) atoms. The summed E-state index contributed by atoms with van der Waals surface area (Å²) in [5.74, 6) is -2.09. The molecule has 0 aliphatic rings. The van der Waals surface area contributed by atoms with Crippen LogP contribution in [0, 0.1) is 13.8 Å². The number of carbonyl (C=O) groups excluding carboxylic acids is 1. The Morgan fingerprint density at radius 2 is 1.93 bits per heavy atom. The Kier molecular flexibility index (Phi) is 7.38. The van der Waals surface area contributed by atoms with Gasteiger partial charge in [0.1, 0.15) is 5.76 Å². The quantitative estimate of drug-likeness (QED) is 0.694. The molecule has 7 nitrogen and oxygen atoms in total. The van der Waals surface area contributed by atoms with Crippen LogP contribution in [-0.4, -0.2) is 34.4 Å². The highest BCUT2D eigenvalue weighted by atomic mass is 19.4. The Labute approximate surface area is 153 Å². The largest absolute Gasteiger partial charge is 0.490 e. The molecule has 0 fully saturated rings. The molecule has 0 saturated heterocycles. The molecule has 4 N–H and O–H groups in total. The van der Waals surface area contributed by atoms with Crippen LogP contribution < -0.4 is 11.1 Å². The first-order valence-electron chi connectivity index (χ1n) is 7.80. The van der Waals surface area contributed by atoms with Gasteiger partial charge in [-0.1, -0.05) is 11.2 Å². The number of aliphatic carboxylic acids is 1. The number of benzene rings is 1. The van der Waals surface area contributed by atoms with Gasteiger partial charge in [0.25, 0.3) is 5.91 Å². The zero-order valence-electron chi connectivity index (χ0n) is 14.9. The summed E-state index contributed by atoms with van der Waals surface area (Å²) in [5.41, 5.74) is 8.74. The molecule has 1 heterocycles. The van der Waals surface area contributed by atoms with E-state index in [2.05, 4.69) is 10.5 Å². The van der Waals surface area contributed by atoms with Gasteiger partial charge in [-0.25, -0.2) is 4.79 Å². The number of hydrogen-bond acceptors (Lipinski definition) is 5. The van der Waals surface area contributed by atoms with Gasteiger partial charge < -0.3 is 20.7 Å². The van der Waals surface area contributed by atoms with Crippen molar-refractivity contribution in [2.45, 2.75) is 39.4 Å². The maximum atomic E-state index is 12.1. The number of aromatic nitrogens is 1. The fraction of sp³-hybridized carbons (Fsp3) is 0.353. The molecule has 1 aromatic carbocycles. The number of nitrogens with one attached hydrogen (secondary N) is 1. The molecule has 0 radical (unpaired) electrons. The normalized spacial score (nSPS) is 11.9. The number of rotatable bonds is 4. The fourth-order valence-electron chi connectivity index (χ4n) is 2.14. The van der Waals surface area contributed by atoms with Crippen LogP contribution >= 0.6 is 0 Å². The van der Waals surface area contributed by atoms with E-state index in [1.54, 1.807) is 24.3 Å². The van der Waals surface area contributed by atoms with Gasteiger partial charge in [-0.3, -0.25) is 4.79 Å². The van der Waals surface area contributed by atoms with Crippen molar-refractivity contribution in [3.05, 3.63) is 46.8 Å². The van der Waals surface area contributed by atoms with Crippen LogP contribution in [0.5, 0.6) is 0 Å². The maximum absolute atomic E-state index is 12.1. The number of anilines is 1. The number of hydrogen-bond donors (Lipinski definition) is 3. The average molecular weight is 387 g/mol. The molecular weight excluding hydrogens is 367 g/mol. The van der Waals surface area contributed by atoms with Gasteiger partial charge in [-0.05, 0) is 45.4 Å². The molecule has 0 aliphatic carbocycles. The number of alkyl halides is 3. The van der Waals surface area contributed by atoms with E-state index in [-0.39, 0.29) is 11.9 Å². The highest BCUT2D eigenvalue weighted by molar-refractivity contribution is 5.95. The Hall–Kier alpha value is -3.04. The Morgan fingerprint density at radius 1 is 1.33 bits per heavy atom. The minimum atomic E-state index is -5.08. The van der Waals surface area contributed by atoms with Crippen molar-refractivity contribution in [1.82, 2.24) is 10.5 Å². The molecule has 148 valence electrons. The standard InChI is InChI=1S/C15H19N3O2.C2HF3O2/c1-9(7-14-10(2)18-20-11(14)3)17-15(19)12-5-4-6-13(16)8-12;3-2(4,5)1(6)7/h4-6,8-9H,7,16H2,1-3H3,(H,17,19);(H,6,7). The molecule has 10 heteroatoms. The molecule has 0 bridgehead atoms. The van der Waals surface area contributed by atoms with E-state index in [1.165, 1.54) is 0 Å². The van der Waals surface area contributed by atoms with Crippen molar-refractivity contribution in [2.24, 2.45) is 0 Å². The molecule has 0 spiro atoms. The highest BCUT2D eigenvalue weighted by Crippen LogP contribution is 2.15. The number of carbonyl (C=O) groups is 2. The minimum absolute atomic E-state index is 0.0132. The molecule has 1 unspecified atom stereocenters. The van der Waals surface area contributed by atoms with Crippen LogP contribution in [0.15, 0.2) is 28.8 Å².